The number of anilines is 1. The topological polar surface area (TPSA) is 41.6 Å². The molecule has 1 N–H and O–H groups in total. The van der Waals surface area contributed by atoms with Crippen LogP contribution < -0.4 is 10.2 Å². The maximum Gasteiger partial charge on any atom is 0.416 e. The molecular weight excluding hydrogens is 357 g/mol. The quantitative estimate of drug-likeness (QED) is 0.842. The van der Waals surface area contributed by atoms with Gasteiger partial charge in [0.2, 0.25) is 0 Å². The molecule has 0 aromatic heterocycles. The number of benzene rings is 1. The van der Waals surface area contributed by atoms with Crippen molar-refractivity contribution in [3.63, 3.8) is 0 Å². The van der Waals surface area contributed by atoms with Gasteiger partial charge in [0.1, 0.15) is 5.78 Å². The third-order valence-electron chi connectivity index (χ3n) is 5.80. The van der Waals surface area contributed by atoms with Crippen molar-refractivity contribution in [2.75, 3.05) is 38.3 Å². The summed E-state index contributed by atoms with van der Waals surface area (Å²) in [6, 6.07) is 4.33. The second-order valence-electron chi connectivity index (χ2n) is 7.64. The number of methoxy groups -OCH3 is 1. The summed E-state index contributed by atoms with van der Waals surface area (Å²) in [6.07, 6.45) is -2.13. The smallest absolute Gasteiger partial charge is 0.383 e. The zero-order valence-corrected chi connectivity index (χ0v) is 15.8. The Hall–Kier alpha value is -1.60. The molecule has 0 amide bonds. The molecule has 2 fully saturated rings. The number of hydrogen-bond acceptors (Lipinski definition) is 4. The lowest BCUT2D eigenvalue weighted by molar-refractivity contribution is -0.137. The minimum absolute atomic E-state index is 0.0229. The third kappa shape index (κ3) is 4.63. The van der Waals surface area contributed by atoms with Crippen molar-refractivity contribution in [2.24, 2.45) is 5.92 Å². The molecular formula is C20H27F3N2O2. The SMILES string of the molecule is COCC1C[C@H](c2ccc(C(F)(F)F)cc2N2CCC(C(C)=O)CC2)CN1. The number of carbonyl (C=O) groups excluding carboxylic acids is 1. The van der Waals surface area contributed by atoms with Gasteiger partial charge in [-0.1, -0.05) is 6.07 Å². The Balaban J connectivity index is 1.86. The van der Waals surface area contributed by atoms with Gasteiger partial charge >= 0.3 is 6.18 Å². The van der Waals surface area contributed by atoms with E-state index >= 15 is 0 Å². The van der Waals surface area contributed by atoms with Crippen LogP contribution in [0.4, 0.5) is 18.9 Å². The van der Waals surface area contributed by atoms with Crippen LogP contribution in [0.25, 0.3) is 0 Å². The average molecular weight is 384 g/mol. The van der Waals surface area contributed by atoms with E-state index in [0.29, 0.717) is 38.2 Å². The molecule has 150 valence electrons. The predicted molar refractivity (Wildman–Crippen MR) is 98.1 cm³/mol. The number of alkyl halides is 3. The molecule has 0 aliphatic carbocycles. The third-order valence-corrected chi connectivity index (χ3v) is 5.80. The molecule has 1 unspecified atom stereocenters. The van der Waals surface area contributed by atoms with E-state index in [1.165, 1.54) is 12.1 Å². The summed E-state index contributed by atoms with van der Waals surface area (Å²) in [5.41, 5.74) is 1.00. The van der Waals surface area contributed by atoms with Crippen LogP contribution in [-0.4, -0.2) is 45.2 Å². The largest absolute Gasteiger partial charge is 0.416 e. The Bertz CT molecular complexity index is 670. The molecule has 0 radical (unpaired) electrons. The number of ether oxygens (including phenoxy) is 1. The highest BCUT2D eigenvalue weighted by Gasteiger charge is 2.34. The van der Waals surface area contributed by atoms with Crippen molar-refractivity contribution in [1.29, 1.82) is 0 Å². The first-order chi connectivity index (χ1) is 12.8. The summed E-state index contributed by atoms with van der Waals surface area (Å²) >= 11 is 0. The zero-order valence-electron chi connectivity index (χ0n) is 15.8. The number of halogens is 3. The summed E-state index contributed by atoms with van der Waals surface area (Å²) in [6.45, 7) is 4.14. The van der Waals surface area contributed by atoms with E-state index in [-0.39, 0.29) is 23.7 Å². The molecule has 0 saturated carbocycles. The van der Waals surface area contributed by atoms with Crippen molar-refractivity contribution in [1.82, 2.24) is 5.32 Å². The molecule has 3 rings (SSSR count). The highest BCUT2D eigenvalue weighted by molar-refractivity contribution is 5.78. The highest BCUT2D eigenvalue weighted by atomic mass is 19.4. The Morgan fingerprint density at radius 3 is 2.59 bits per heavy atom. The first-order valence-electron chi connectivity index (χ1n) is 9.48. The van der Waals surface area contributed by atoms with Crippen molar-refractivity contribution < 1.29 is 22.7 Å². The Morgan fingerprint density at radius 2 is 2.00 bits per heavy atom. The molecule has 2 atom stereocenters. The molecule has 2 saturated heterocycles. The van der Waals surface area contributed by atoms with E-state index in [1.54, 1.807) is 20.1 Å². The van der Waals surface area contributed by atoms with Crippen molar-refractivity contribution in [3.8, 4) is 0 Å². The lowest BCUT2D eigenvalue weighted by atomic mass is 9.89. The summed E-state index contributed by atoms with van der Waals surface area (Å²) < 4.78 is 45.0. The average Bonchev–Trinajstić information content (AvgIpc) is 3.09. The number of nitrogens with zero attached hydrogens (tertiary/aromatic N) is 1. The molecule has 2 aliphatic rings. The van der Waals surface area contributed by atoms with Crippen molar-refractivity contribution in [2.45, 2.75) is 44.3 Å². The Morgan fingerprint density at radius 1 is 1.30 bits per heavy atom. The van der Waals surface area contributed by atoms with E-state index in [0.717, 1.165) is 18.5 Å². The van der Waals surface area contributed by atoms with Crippen LogP contribution in [0, 0.1) is 5.92 Å². The van der Waals surface area contributed by atoms with E-state index in [2.05, 4.69) is 5.32 Å². The van der Waals surface area contributed by atoms with E-state index < -0.39 is 11.7 Å². The van der Waals surface area contributed by atoms with Gasteiger partial charge in [0.05, 0.1) is 12.2 Å². The maximum atomic E-state index is 13.3. The van der Waals surface area contributed by atoms with Gasteiger partial charge in [-0.15, -0.1) is 0 Å². The van der Waals surface area contributed by atoms with Gasteiger partial charge in [-0.2, -0.15) is 13.2 Å². The summed E-state index contributed by atoms with van der Waals surface area (Å²) in [5, 5.41) is 3.39. The van der Waals surface area contributed by atoms with Crippen LogP contribution in [0.15, 0.2) is 18.2 Å². The van der Waals surface area contributed by atoms with Gasteiger partial charge in [0, 0.05) is 44.4 Å². The van der Waals surface area contributed by atoms with Crippen LogP contribution in [0.5, 0.6) is 0 Å². The lowest BCUT2D eigenvalue weighted by Crippen LogP contribution is -2.36. The van der Waals surface area contributed by atoms with Crippen molar-refractivity contribution >= 4 is 11.5 Å². The van der Waals surface area contributed by atoms with Crippen LogP contribution >= 0.6 is 0 Å². The highest BCUT2D eigenvalue weighted by Crippen LogP contribution is 2.39. The number of nitrogens with one attached hydrogen (secondary N) is 1. The number of carbonyl (C=O) groups is 1. The minimum atomic E-state index is -4.36. The van der Waals surface area contributed by atoms with Gasteiger partial charge in [-0.05, 0) is 49.8 Å². The molecule has 0 bridgehead atoms. The van der Waals surface area contributed by atoms with E-state index in [9.17, 15) is 18.0 Å². The number of hydrogen-bond donors (Lipinski definition) is 1. The monoisotopic (exact) mass is 384 g/mol. The maximum absolute atomic E-state index is 13.3. The molecule has 1 aromatic carbocycles. The van der Waals surface area contributed by atoms with Crippen LogP contribution in [-0.2, 0) is 15.7 Å². The van der Waals surface area contributed by atoms with Gasteiger partial charge in [-0.3, -0.25) is 4.79 Å². The predicted octanol–water partition coefficient (Wildman–Crippen LogP) is 3.60. The van der Waals surface area contributed by atoms with Crippen molar-refractivity contribution in [3.05, 3.63) is 29.3 Å². The summed E-state index contributed by atoms with van der Waals surface area (Å²) in [5.74, 6) is 0.351. The fourth-order valence-corrected chi connectivity index (χ4v) is 4.25. The van der Waals surface area contributed by atoms with E-state index in [1.807, 2.05) is 4.90 Å². The van der Waals surface area contributed by atoms with Gasteiger partial charge in [0.15, 0.2) is 0 Å². The zero-order chi connectivity index (χ0) is 19.6. The van der Waals surface area contributed by atoms with Gasteiger partial charge in [-0.25, -0.2) is 0 Å². The fourth-order valence-electron chi connectivity index (χ4n) is 4.25. The van der Waals surface area contributed by atoms with E-state index in [4.69, 9.17) is 4.74 Å². The Labute approximate surface area is 158 Å². The van der Waals surface area contributed by atoms with Crippen LogP contribution in [0.3, 0.4) is 0 Å². The first kappa shape index (κ1) is 20.1. The fraction of sp³-hybridized carbons (Fsp3) is 0.650. The molecule has 2 heterocycles. The Kier molecular flexibility index (Phi) is 6.11. The van der Waals surface area contributed by atoms with Crippen LogP contribution in [0.2, 0.25) is 0 Å². The number of rotatable bonds is 5. The van der Waals surface area contributed by atoms with Gasteiger partial charge < -0.3 is 15.0 Å². The normalized spacial score (nSPS) is 24.4. The molecule has 4 nitrogen and oxygen atoms in total. The minimum Gasteiger partial charge on any atom is -0.383 e. The second kappa shape index (κ2) is 8.19. The standard InChI is InChI=1S/C20H27F3N2O2/c1-13(26)14-5-7-25(8-6-14)19-10-16(20(21,22)23)3-4-18(19)15-9-17(12-27-2)24-11-15/h3-4,10,14-15,17,24H,5-9,11-12H2,1-2H3/t15-,17?/m0/s1. The summed E-state index contributed by atoms with van der Waals surface area (Å²) in [7, 11) is 1.65. The van der Waals surface area contributed by atoms with Gasteiger partial charge in [0.25, 0.3) is 0 Å². The first-order valence-corrected chi connectivity index (χ1v) is 9.48. The summed E-state index contributed by atoms with van der Waals surface area (Å²) in [4.78, 5) is 13.6. The molecule has 1 aromatic rings. The number of piperidine rings is 1. The molecule has 2 aliphatic heterocycles. The molecule has 0 spiro atoms. The number of Topliss-reactive ketones (excluding diaryl/α,β-unsaturated/α-hetero) is 1. The molecule has 27 heavy (non-hydrogen) atoms. The second-order valence-corrected chi connectivity index (χ2v) is 7.64. The van der Waals surface area contributed by atoms with Crippen LogP contribution in [0.1, 0.15) is 43.2 Å². The number of ketones is 1. The molecule has 7 heteroatoms. The lowest BCUT2D eigenvalue weighted by Gasteiger charge is -2.35.